The number of amides is 1. The standard InChI is InChI=1S/C24H19N3O3/c1-30-24(29)18-13-11-16(12-14-18)15-25-27-23(28)22-21(17-7-3-2-4-8-17)19-9-5-6-10-20(19)26-22/h2-15,26H,1H3,(H,27,28). The van der Waals surface area contributed by atoms with E-state index in [-0.39, 0.29) is 5.91 Å². The van der Waals surface area contributed by atoms with Gasteiger partial charge in [0.2, 0.25) is 0 Å². The summed E-state index contributed by atoms with van der Waals surface area (Å²) in [6.07, 6.45) is 1.52. The van der Waals surface area contributed by atoms with Crippen molar-refractivity contribution >= 4 is 29.0 Å². The largest absolute Gasteiger partial charge is 0.465 e. The zero-order valence-electron chi connectivity index (χ0n) is 16.3. The lowest BCUT2D eigenvalue weighted by molar-refractivity contribution is 0.0600. The Bertz CT molecular complexity index is 1230. The van der Waals surface area contributed by atoms with Crippen LogP contribution >= 0.6 is 0 Å². The lowest BCUT2D eigenvalue weighted by Gasteiger charge is -2.04. The number of hydrogen-bond donors (Lipinski definition) is 2. The maximum Gasteiger partial charge on any atom is 0.337 e. The molecule has 6 nitrogen and oxygen atoms in total. The molecule has 0 atom stereocenters. The molecule has 1 aromatic heterocycles. The van der Waals surface area contributed by atoms with Crippen LogP contribution in [0.2, 0.25) is 0 Å². The lowest BCUT2D eigenvalue weighted by Crippen LogP contribution is -2.18. The number of para-hydroxylation sites is 1. The molecule has 1 amide bonds. The first-order valence-electron chi connectivity index (χ1n) is 9.35. The molecule has 0 spiro atoms. The molecule has 4 aromatic rings. The highest BCUT2D eigenvalue weighted by Crippen LogP contribution is 2.32. The third-order valence-corrected chi connectivity index (χ3v) is 4.71. The van der Waals surface area contributed by atoms with Crippen LogP contribution in [-0.4, -0.2) is 30.2 Å². The van der Waals surface area contributed by atoms with Crippen LogP contribution in [-0.2, 0) is 4.74 Å². The van der Waals surface area contributed by atoms with Gasteiger partial charge in [0, 0.05) is 16.5 Å². The van der Waals surface area contributed by atoms with Crippen LogP contribution in [0.3, 0.4) is 0 Å². The minimum atomic E-state index is -0.404. The number of esters is 1. The number of hydrazone groups is 1. The normalized spacial score (nSPS) is 11.0. The number of benzene rings is 3. The predicted octanol–water partition coefficient (Wildman–Crippen LogP) is 4.39. The van der Waals surface area contributed by atoms with Crippen LogP contribution in [0.25, 0.3) is 22.0 Å². The molecule has 30 heavy (non-hydrogen) atoms. The van der Waals surface area contributed by atoms with E-state index in [4.69, 9.17) is 0 Å². The summed E-state index contributed by atoms with van der Waals surface area (Å²) >= 11 is 0. The highest BCUT2D eigenvalue weighted by molar-refractivity contribution is 6.09. The van der Waals surface area contributed by atoms with Crippen molar-refractivity contribution in [1.82, 2.24) is 10.4 Å². The quantitative estimate of drug-likeness (QED) is 0.298. The Morgan fingerprint density at radius 3 is 2.37 bits per heavy atom. The van der Waals surface area contributed by atoms with Crippen molar-refractivity contribution < 1.29 is 14.3 Å². The van der Waals surface area contributed by atoms with Gasteiger partial charge < -0.3 is 9.72 Å². The van der Waals surface area contributed by atoms with Crippen LogP contribution in [0.5, 0.6) is 0 Å². The van der Waals surface area contributed by atoms with Crippen molar-refractivity contribution in [2.45, 2.75) is 0 Å². The lowest BCUT2D eigenvalue weighted by atomic mass is 10.0. The second-order valence-corrected chi connectivity index (χ2v) is 6.60. The van der Waals surface area contributed by atoms with Crippen molar-refractivity contribution in [3.05, 3.63) is 95.7 Å². The maximum atomic E-state index is 12.9. The average Bonchev–Trinajstić information content (AvgIpc) is 3.19. The summed E-state index contributed by atoms with van der Waals surface area (Å²) in [6, 6.07) is 24.3. The summed E-state index contributed by atoms with van der Waals surface area (Å²) in [5.41, 5.74) is 6.87. The first kappa shape index (κ1) is 19.1. The van der Waals surface area contributed by atoms with E-state index in [1.54, 1.807) is 24.3 Å². The van der Waals surface area contributed by atoms with E-state index in [0.29, 0.717) is 11.3 Å². The van der Waals surface area contributed by atoms with Crippen LogP contribution in [0, 0.1) is 0 Å². The monoisotopic (exact) mass is 397 g/mol. The molecule has 4 rings (SSSR count). The smallest absolute Gasteiger partial charge is 0.337 e. The molecule has 0 unspecified atom stereocenters. The molecular weight excluding hydrogens is 378 g/mol. The molecule has 0 saturated carbocycles. The minimum absolute atomic E-state index is 0.340. The van der Waals surface area contributed by atoms with E-state index >= 15 is 0 Å². The highest BCUT2D eigenvalue weighted by Gasteiger charge is 2.18. The molecule has 3 aromatic carbocycles. The number of nitrogens with one attached hydrogen (secondary N) is 2. The van der Waals surface area contributed by atoms with Crippen molar-refractivity contribution in [3.63, 3.8) is 0 Å². The molecule has 1 heterocycles. The van der Waals surface area contributed by atoms with E-state index in [0.717, 1.165) is 27.6 Å². The van der Waals surface area contributed by atoms with Gasteiger partial charge in [-0.25, -0.2) is 10.2 Å². The number of fused-ring (bicyclic) bond motifs is 1. The predicted molar refractivity (Wildman–Crippen MR) is 117 cm³/mol. The second-order valence-electron chi connectivity index (χ2n) is 6.60. The number of aromatic nitrogens is 1. The van der Waals surface area contributed by atoms with E-state index in [2.05, 4.69) is 20.2 Å². The van der Waals surface area contributed by atoms with Crippen molar-refractivity contribution in [2.24, 2.45) is 5.10 Å². The fraction of sp³-hybridized carbons (Fsp3) is 0.0417. The van der Waals surface area contributed by atoms with E-state index in [9.17, 15) is 9.59 Å². The Hall–Kier alpha value is -4.19. The first-order chi connectivity index (χ1) is 14.7. The van der Waals surface area contributed by atoms with Gasteiger partial charge in [0.1, 0.15) is 5.69 Å². The molecule has 0 saturated heterocycles. The Kier molecular flexibility index (Phi) is 5.39. The summed E-state index contributed by atoms with van der Waals surface area (Å²) in [4.78, 5) is 27.6. The van der Waals surface area contributed by atoms with Crippen LogP contribution in [0.15, 0.2) is 84.0 Å². The first-order valence-corrected chi connectivity index (χ1v) is 9.35. The van der Waals surface area contributed by atoms with Crippen molar-refractivity contribution in [2.75, 3.05) is 7.11 Å². The van der Waals surface area contributed by atoms with Gasteiger partial charge in [0.25, 0.3) is 5.91 Å². The fourth-order valence-electron chi connectivity index (χ4n) is 3.26. The number of methoxy groups -OCH3 is 1. The number of ether oxygens (including phenoxy) is 1. The maximum absolute atomic E-state index is 12.9. The summed E-state index contributed by atoms with van der Waals surface area (Å²) in [6.45, 7) is 0. The summed E-state index contributed by atoms with van der Waals surface area (Å²) < 4.78 is 4.68. The Morgan fingerprint density at radius 2 is 1.63 bits per heavy atom. The SMILES string of the molecule is COC(=O)c1ccc(C=NNC(=O)c2[nH]c3ccccc3c2-c2ccccc2)cc1. The molecule has 0 aliphatic rings. The third-order valence-electron chi connectivity index (χ3n) is 4.71. The molecule has 2 N–H and O–H groups in total. The second kappa shape index (κ2) is 8.45. The van der Waals surface area contributed by atoms with Crippen molar-refractivity contribution in [1.29, 1.82) is 0 Å². The molecule has 0 radical (unpaired) electrons. The molecular formula is C24H19N3O3. The number of aromatic amines is 1. The Labute approximate surface area is 173 Å². The number of carbonyl (C=O) groups excluding carboxylic acids is 2. The number of H-pyrrole nitrogens is 1. The molecule has 0 bridgehead atoms. The van der Waals surface area contributed by atoms with Gasteiger partial charge in [-0.1, -0.05) is 60.7 Å². The molecule has 6 heteroatoms. The van der Waals surface area contributed by atoms with Crippen LogP contribution in [0.4, 0.5) is 0 Å². The van der Waals surface area contributed by atoms with Gasteiger partial charge in [-0.3, -0.25) is 4.79 Å². The van der Waals surface area contributed by atoms with E-state index < -0.39 is 5.97 Å². The number of rotatable bonds is 5. The number of nitrogens with zero attached hydrogens (tertiary/aromatic N) is 1. The fourth-order valence-corrected chi connectivity index (χ4v) is 3.26. The zero-order chi connectivity index (χ0) is 20.9. The molecule has 0 fully saturated rings. The third kappa shape index (κ3) is 3.84. The van der Waals surface area contributed by atoms with E-state index in [1.165, 1.54) is 13.3 Å². The van der Waals surface area contributed by atoms with Gasteiger partial charge in [0.05, 0.1) is 18.9 Å². The molecule has 0 aliphatic carbocycles. The summed E-state index contributed by atoms with van der Waals surface area (Å²) in [5, 5.41) is 5.03. The zero-order valence-corrected chi connectivity index (χ0v) is 16.3. The minimum Gasteiger partial charge on any atom is -0.465 e. The topological polar surface area (TPSA) is 83.5 Å². The molecule has 148 valence electrons. The van der Waals surface area contributed by atoms with Gasteiger partial charge in [-0.05, 0) is 29.3 Å². The summed E-state index contributed by atoms with van der Waals surface area (Å²) in [7, 11) is 1.33. The Balaban J connectivity index is 1.58. The van der Waals surface area contributed by atoms with Crippen molar-refractivity contribution in [3.8, 4) is 11.1 Å². The van der Waals surface area contributed by atoms with Gasteiger partial charge in [-0.2, -0.15) is 5.10 Å². The van der Waals surface area contributed by atoms with Crippen LogP contribution < -0.4 is 5.43 Å². The molecule has 0 aliphatic heterocycles. The highest BCUT2D eigenvalue weighted by atomic mass is 16.5. The number of hydrogen-bond acceptors (Lipinski definition) is 4. The van der Waals surface area contributed by atoms with Gasteiger partial charge >= 0.3 is 5.97 Å². The number of carbonyl (C=O) groups is 2. The average molecular weight is 397 g/mol. The summed E-state index contributed by atoms with van der Waals surface area (Å²) in [5.74, 6) is -0.744. The Morgan fingerprint density at radius 1 is 0.933 bits per heavy atom. The van der Waals surface area contributed by atoms with Crippen LogP contribution in [0.1, 0.15) is 26.4 Å². The van der Waals surface area contributed by atoms with E-state index in [1.807, 2.05) is 54.6 Å². The van der Waals surface area contributed by atoms with Gasteiger partial charge in [0.15, 0.2) is 0 Å². The van der Waals surface area contributed by atoms with Gasteiger partial charge in [-0.15, -0.1) is 0 Å².